The monoisotopic (exact) mass is 317 g/mol. The zero-order chi connectivity index (χ0) is 15.6. The number of nitrogens with zero attached hydrogens (tertiary/aromatic N) is 4. The molecule has 0 aliphatic rings. The van der Waals surface area contributed by atoms with Crippen molar-refractivity contribution in [1.29, 1.82) is 0 Å². The molecule has 0 aromatic carbocycles. The van der Waals surface area contributed by atoms with E-state index >= 15 is 0 Å². The van der Waals surface area contributed by atoms with Gasteiger partial charge in [0.2, 0.25) is 0 Å². The molecule has 5 nitrogen and oxygen atoms in total. The van der Waals surface area contributed by atoms with Crippen LogP contribution in [0.15, 0.2) is 31.0 Å². The van der Waals surface area contributed by atoms with E-state index in [0.717, 1.165) is 28.8 Å². The lowest BCUT2D eigenvalue weighted by Gasteiger charge is -2.24. The van der Waals surface area contributed by atoms with E-state index in [0.29, 0.717) is 0 Å². The van der Waals surface area contributed by atoms with Crippen molar-refractivity contribution in [2.75, 3.05) is 24.5 Å². The zero-order valence-electron chi connectivity index (χ0n) is 13.4. The third kappa shape index (κ3) is 3.32. The first-order chi connectivity index (χ1) is 10.5. The van der Waals surface area contributed by atoms with E-state index in [-0.39, 0.29) is 10.0 Å². The molecule has 0 bridgehead atoms. The maximum Gasteiger partial charge on any atom is 0.143 e. The van der Waals surface area contributed by atoms with E-state index in [1.54, 1.807) is 12.5 Å². The first kappa shape index (κ1) is 15.1. The molecule has 0 aliphatic carbocycles. The molecule has 22 heavy (non-hydrogen) atoms. The van der Waals surface area contributed by atoms with E-state index in [1.165, 1.54) is 18.6 Å². The predicted octanol–water partition coefficient (Wildman–Crippen LogP) is 3.30. The van der Waals surface area contributed by atoms with Crippen molar-refractivity contribution < 1.29 is 0 Å². The van der Waals surface area contributed by atoms with Crippen LogP contribution in [0.25, 0.3) is 22.3 Å². The molecular weight excluding hydrogens is 294 g/mol. The molecule has 3 heterocycles. The Morgan fingerprint density at radius 3 is 2.77 bits per heavy atom. The van der Waals surface area contributed by atoms with Crippen LogP contribution in [0.3, 0.4) is 0 Å². The third-order valence-electron chi connectivity index (χ3n) is 3.73. The predicted molar refractivity (Wildman–Crippen MR) is 94.6 cm³/mol. The Balaban J connectivity index is 1.77. The highest BCUT2D eigenvalue weighted by Gasteiger charge is 2.11. The van der Waals surface area contributed by atoms with Gasteiger partial charge >= 0.3 is 0 Å². The summed E-state index contributed by atoms with van der Waals surface area (Å²) in [6.45, 7) is 1.01. The van der Waals surface area contributed by atoms with Gasteiger partial charge in [0.05, 0.1) is 11.9 Å². The van der Waals surface area contributed by atoms with Gasteiger partial charge in [0.25, 0.3) is 0 Å². The lowest BCUT2D eigenvalue weighted by Crippen LogP contribution is -2.02. The summed E-state index contributed by atoms with van der Waals surface area (Å²) in [6.07, 6.45) is 17.0. The molecule has 0 saturated carbocycles. The Labute approximate surface area is 132 Å². The lowest BCUT2D eigenvalue weighted by atomic mass is 10.2. The second-order valence-corrected chi connectivity index (χ2v) is 11.0. The average Bonchev–Trinajstić information content (AvgIpc) is 3.12. The Hall–Kier alpha value is -1.82. The smallest absolute Gasteiger partial charge is 0.143 e. The van der Waals surface area contributed by atoms with Gasteiger partial charge in [-0.25, -0.2) is 20.0 Å². The number of hydrogen-bond acceptors (Lipinski definition) is 3. The topological polar surface area (TPSA) is 59.4 Å². The maximum atomic E-state index is 4.47. The molecule has 0 aliphatic heterocycles. The number of nitrogens with one attached hydrogen (secondary N) is 1. The van der Waals surface area contributed by atoms with Gasteiger partial charge < -0.3 is 4.57 Å². The molecule has 0 unspecified atom stereocenters. The van der Waals surface area contributed by atoms with Crippen molar-refractivity contribution >= 4 is 21.1 Å². The van der Waals surface area contributed by atoms with E-state index in [1.807, 2.05) is 6.20 Å². The zero-order valence-corrected chi connectivity index (χ0v) is 14.2. The number of aromatic amines is 1. The minimum absolute atomic E-state index is 0.389. The van der Waals surface area contributed by atoms with Crippen LogP contribution in [0.2, 0.25) is 0 Å². The number of unbranched alkanes of at least 4 members (excludes halogenated alkanes) is 1. The van der Waals surface area contributed by atoms with Gasteiger partial charge in [-0.3, -0.25) is 5.10 Å². The molecule has 118 valence electrons. The highest BCUT2D eigenvalue weighted by atomic mass is 32.3. The minimum Gasteiger partial charge on any atom is -0.332 e. The first-order valence-electron chi connectivity index (χ1n) is 7.49. The minimum atomic E-state index is -0.389. The Morgan fingerprint density at radius 2 is 2.05 bits per heavy atom. The molecule has 0 fully saturated rings. The van der Waals surface area contributed by atoms with Crippen molar-refractivity contribution in [1.82, 2.24) is 24.7 Å². The molecule has 0 amide bonds. The summed E-state index contributed by atoms with van der Waals surface area (Å²) in [5.74, 6) is 1.33. The van der Waals surface area contributed by atoms with Crippen molar-refractivity contribution in [2.24, 2.45) is 0 Å². The van der Waals surface area contributed by atoms with Crippen LogP contribution < -0.4 is 0 Å². The molecule has 0 saturated heterocycles. The Bertz CT molecular complexity index is 740. The number of rotatable bonds is 6. The first-order valence-corrected chi connectivity index (χ1v) is 10.5. The lowest BCUT2D eigenvalue weighted by molar-refractivity contribution is 0.648. The quantitative estimate of drug-likeness (QED) is 0.710. The molecule has 0 spiro atoms. The van der Waals surface area contributed by atoms with E-state index < -0.39 is 0 Å². The molecule has 0 atom stereocenters. The largest absolute Gasteiger partial charge is 0.332 e. The fourth-order valence-electron chi connectivity index (χ4n) is 2.61. The molecule has 6 heteroatoms. The van der Waals surface area contributed by atoms with E-state index in [4.69, 9.17) is 0 Å². The number of fused-ring (bicyclic) bond motifs is 1. The van der Waals surface area contributed by atoms with Crippen molar-refractivity contribution in [3.8, 4) is 11.3 Å². The molecule has 1 N–H and O–H groups in total. The van der Waals surface area contributed by atoms with Crippen LogP contribution >= 0.6 is 10.0 Å². The number of aromatic nitrogens is 5. The number of hydrogen-bond donors (Lipinski definition) is 1. The fourth-order valence-corrected chi connectivity index (χ4v) is 3.68. The van der Waals surface area contributed by atoms with E-state index in [2.05, 4.69) is 55.8 Å². The summed E-state index contributed by atoms with van der Waals surface area (Å²) < 4.78 is 2.23. The van der Waals surface area contributed by atoms with Gasteiger partial charge in [-0.2, -0.15) is 5.10 Å². The Kier molecular flexibility index (Phi) is 4.20. The van der Waals surface area contributed by atoms with Gasteiger partial charge in [0, 0.05) is 29.9 Å². The van der Waals surface area contributed by atoms with Crippen LogP contribution in [0.4, 0.5) is 0 Å². The standard InChI is InChI=1S/C16H23N5S/c1-22(2,3)9-5-4-7-21-8-6-14-15(13-10-19-20-11-13)17-12-18-16(14)21/h6,8,10-12H,4-5,7,9H2,1-3H3,(H,19,20). The summed E-state index contributed by atoms with van der Waals surface area (Å²) in [5.41, 5.74) is 2.95. The molecule has 3 rings (SSSR count). The van der Waals surface area contributed by atoms with Gasteiger partial charge in [-0.15, -0.1) is 0 Å². The molecule has 3 aromatic rings. The SMILES string of the molecule is CS(C)(C)CCCCn1ccc2c(-c3cn[nH]c3)ncnc21. The average molecular weight is 317 g/mol. The second kappa shape index (κ2) is 6.12. The highest BCUT2D eigenvalue weighted by Crippen LogP contribution is 2.35. The molecule has 3 aromatic heterocycles. The summed E-state index contributed by atoms with van der Waals surface area (Å²) in [4.78, 5) is 8.88. The summed E-state index contributed by atoms with van der Waals surface area (Å²) in [5, 5.41) is 7.93. The van der Waals surface area contributed by atoms with Gasteiger partial charge in [-0.1, -0.05) is 0 Å². The van der Waals surface area contributed by atoms with Crippen LogP contribution in [0.5, 0.6) is 0 Å². The number of aryl methyl sites for hydroxylation is 1. The maximum absolute atomic E-state index is 4.47. The van der Waals surface area contributed by atoms with Crippen LogP contribution in [-0.4, -0.2) is 49.3 Å². The van der Waals surface area contributed by atoms with Crippen LogP contribution in [0, 0.1) is 0 Å². The highest BCUT2D eigenvalue weighted by molar-refractivity contribution is 8.32. The normalized spacial score (nSPS) is 12.9. The molecular formula is C16H23N5S. The summed E-state index contributed by atoms with van der Waals surface area (Å²) >= 11 is 0. The fraction of sp³-hybridized carbons (Fsp3) is 0.438. The Morgan fingerprint density at radius 1 is 1.18 bits per heavy atom. The van der Waals surface area contributed by atoms with Crippen molar-refractivity contribution in [3.63, 3.8) is 0 Å². The van der Waals surface area contributed by atoms with Crippen molar-refractivity contribution in [3.05, 3.63) is 31.0 Å². The third-order valence-corrected chi connectivity index (χ3v) is 5.25. The second-order valence-electron chi connectivity index (χ2n) is 6.46. The van der Waals surface area contributed by atoms with Gasteiger partial charge in [0.1, 0.15) is 12.0 Å². The summed E-state index contributed by atoms with van der Waals surface area (Å²) in [7, 11) is -0.389. The molecule has 0 radical (unpaired) electrons. The summed E-state index contributed by atoms with van der Waals surface area (Å²) in [6, 6.07) is 2.10. The van der Waals surface area contributed by atoms with Gasteiger partial charge in [0.15, 0.2) is 0 Å². The van der Waals surface area contributed by atoms with Gasteiger partial charge in [-0.05, 0) is 43.4 Å². The van der Waals surface area contributed by atoms with Crippen LogP contribution in [0.1, 0.15) is 12.8 Å². The van der Waals surface area contributed by atoms with Crippen molar-refractivity contribution in [2.45, 2.75) is 19.4 Å². The number of H-pyrrole nitrogens is 1. The van der Waals surface area contributed by atoms with Crippen LogP contribution in [-0.2, 0) is 6.54 Å². The van der Waals surface area contributed by atoms with E-state index in [9.17, 15) is 0 Å².